The SMILES string of the molecule is CC(=O)OCOC(=O)C1CCN(C(=O)C(C#N)=Cc2cc3cc4c5c(c3oc2=O)CCCN5CCC4)CC1. The number of esters is 2. The van der Waals surface area contributed by atoms with Crippen LogP contribution in [0.15, 0.2) is 26.9 Å². The molecule has 2 aromatic rings. The van der Waals surface area contributed by atoms with Gasteiger partial charge in [-0.2, -0.15) is 5.26 Å². The van der Waals surface area contributed by atoms with Gasteiger partial charge in [-0.1, -0.05) is 0 Å². The Morgan fingerprint density at radius 2 is 1.84 bits per heavy atom. The van der Waals surface area contributed by atoms with E-state index in [0.717, 1.165) is 49.7 Å². The van der Waals surface area contributed by atoms with Crippen molar-refractivity contribution >= 4 is 40.6 Å². The number of benzene rings is 1. The van der Waals surface area contributed by atoms with Crippen LogP contribution in [0.25, 0.3) is 17.0 Å². The molecule has 5 rings (SSSR count). The summed E-state index contributed by atoms with van der Waals surface area (Å²) in [4.78, 5) is 52.9. The number of nitriles is 1. The summed E-state index contributed by atoms with van der Waals surface area (Å²) in [6, 6.07) is 5.70. The van der Waals surface area contributed by atoms with Gasteiger partial charge in [0.2, 0.25) is 6.79 Å². The van der Waals surface area contributed by atoms with Crippen LogP contribution < -0.4 is 10.5 Å². The van der Waals surface area contributed by atoms with Gasteiger partial charge in [0.1, 0.15) is 17.2 Å². The summed E-state index contributed by atoms with van der Waals surface area (Å²) in [5.41, 5.74) is 3.50. The highest BCUT2D eigenvalue weighted by atomic mass is 16.7. The second kappa shape index (κ2) is 10.7. The number of hydrogen-bond acceptors (Lipinski definition) is 9. The Morgan fingerprint density at radius 1 is 1.11 bits per heavy atom. The molecule has 4 heterocycles. The molecule has 0 atom stereocenters. The van der Waals surface area contributed by atoms with Crippen LogP contribution in [0.4, 0.5) is 5.69 Å². The van der Waals surface area contributed by atoms with E-state index in [2.05, 4.69) is 15.7 Å². The molecule has 3 aliphatic rings. The summed E-state index contributed by atoms with van der Waals surface area (Å²) in [6.07, 6.45) is 5.90. The van der Waals surface area contributed by atoms with Gasteiger partial charge >= 0.3 is 17.6 Å². The van der Waals surface area contributed by atoms with Crippen LogP contribution in [-0.4, -0.2) is 55.7 Å². The van der Waals surface area contributed by atoms with E-state index in [9.17, 15) is 24.4 Å². The molecule has 1 fully saturated rings. The summed E-state index contributed by atoms with van der Waals surface area (Å²) >= 11 is 0. The van der Waals surface area contributed by atoms with E-state index in [1.54, 1.807) is 6.07 Å². The number of nitrogens with zero attached hydrogens (tertiary/aromatic N) is 3. The first-order valence-electron chi connectivity index (χ1n) is 12.9. The monoisotopic (exact) mass is 519 g/mol. The lowest BCUT2D eigenvalue weighted by Gasteiger charge is -2.37. The van der Waals surface area contributed by atoms with Crippen LogP contribution >= 0.6 is 0 Å². The highest BCUT2D eigenvalue weighted by Gasteiger charge is 2.30. The fourth-order valence-corrected chi connectivity index (χ4v) is 5.64. The van der Waals surface area contributed by atoms with E-state index >= 15 is 0 Å². The highest BCUT2D eigenvalue weighted by molar-refractivity contribution is 6.02. The van der Waals surface area contributed by atoms with E-state index in [1.807, 2.05) is 6.07 Å². The molecule has 0 spiro atoms. The van der Waals surface area contributed by atoms with Gasteiger partial charge in [-0.05, 0) is 62.3 Å². The Balaban J connectivity index is 1.33. The van der Waals surface area contributed by atoms with Crippen LogP contribution in [0.1, 0.15) is 49.3 Å². The van der Waals surface area contributed by atoms with Crippen molar-refractivity contribution in [3.8, 4) is 6.07 Å². The van der Waals surface area contributed by atoms with Crippen molar-refractivity contribution in [2.24, 2.45) is 5.92 Å². The maximum Gasteiger partial charge on any atom is 0.343 e. The van der Waals surface area contributed by atoms with Gasteiger partial charge < -0.3 is 23.7 Å². The lowest BCUT2D eigenvalue weighted by molar-refractivity contribution is -0.170. The fraction of sp³-hybridized carbons (Fsp3) is 0.464. The molecule has 0 radical (unpaired) electrons. The Kier molecular flexibility index (Phi) is 7.18. The van der Waals surface area contributed by atoms with E-state index in [-0.39, 0.29) is 24.2 Å². The van der Waals surface area contributed by atoms with Crippen molar-refractivity contribution < 1.29 is 28.3 Å². The van der Waals surface area contributed by atoms with E-state index in [0.29, 0.717) is 18.4 Å². The number of hydrogen-bond donors (Lipinski definition) is 0. The molecule has 1 aromatic carbocycles. The summed E-state index contributed by atoms with van der Waals surface area (Å²) in [5.74, 6) is -1.97. The van der Waals surface area contributed by atoms with Gasteiger partial charge in [-0.25, -0.2) is 4.79 Å². The molecule has 10 heteroatoms. The maximum atomic E-state index is 13.1. The number of amides is 1. The predicted molar refractivity (Wildman–Crippen MR) is 137 cm³/mol. The third kappa shape index (κ3) is 5.01. The van der Waals surface area contributed by atoms with Crippen molar-refractivity contribution in [2.75, 3.05) is 37.9 Å². The van der Waals surface area contributed by atoms with Crippen molar-refractivity contribution in [1.29, 1.82) is 5.26 Å². The quantitative estimate of drug-likeness (QED) is 0.192. The summed E-state index contributed by atoms with van der Waals surface area (Å²) in [7, 11) is 0. The molecule has 3 aliphatic heterocycles. The lowest BCUT2D eigenvalue weighted by Crippen LogP contribution is -2.41. The molecule has 0 N–H and O–H groups in total. The van der Waals surface area contributed by atoms with Gasteiger partial charge in [0, 0.05) is 49.7 Å². The van der Waals surface area contributed by atoms with Crippen molar-refractivity contribution in [3.63, 3.8) is 0 Å². The van der Waals surface area contributed by atoms with E-state index in [4.69, 9.17) is 9.15 Å². The smallest absolute Gasteiger partial charge is 0.343 e. The molecule has 0 aliphatic carbocycles. The van der Waals surface area contributed by atoms with Gasteiger partial charge in [0.05, 0.1) is 11.5 Å². The molecule has 10 nitrogen and oxygen atoms in total. The number of ether oxygens (including phenoxy) is 2. The molecule has 1 amide bonds. The number of carbonyl (C=O) groups is 3. The average molecular weight is 520 g/mol. The topological polar surface area (TPSA) is 130 Å². The minimum absolute atomic E-state index is 0.155. The lowest BCUT2D eigenvalue weighted by atomic mass is 9.90. The molecule has 0 saturated carbocycles. The van der Waals surface area contributed by atoms with Gasteiger partial charge in [0.15, 0.2) is 0 Å². The number of likely N-dealkylation sites (tertiary alicyclic amines) is 1. The first kappa shape index (κ1) is 25.5. The van der Waals surface area contributed by atoms with Gasteiger partial charge in [-0.15, -0.1) is 0 Å². The second-order valence-corrected chi connectivity index (χ2v) is 9.92. The minimum Gasteiger partial charge on any atom is -0.428 e. The normalized spacial score (nSPS) is 17.5. The summed E-state index contributed by atoms with van der Waals surface area (Å²) < 4.78 is 15.3. The third-order valence-corrected chi connectivity index (χ3v) is 7.47. The number of fused-ring (bicyclic) bond motifs is 2. The van der Waals surface area contributed by atoms with Crippen molar-refractivity contribution in [2.45, 2.75) is 45.4 Å². The molecule has 0 bridgehead atoms. The average Bonchev–Trinajstić information content (AvgIpc) is 2.92. The number of piperidine rings is 1. The standard InChI is InChI=1S/C28H29N3O7/c1-17(32)36-16-37-27(34)18-6-10-31(11-7-18)26(33)22(15-29)14-21-13-20-12-19-4-2-8-30-9-3-5-23(24(19)30)25(20)38-28(21)35/h12-14,18H,2-11,16H2,1H3. The van der Waals surface area contributed by atoms with Gasteiger partial charge in [0.25, 0.3) is 5.91 Å². The first-order valence-corrected chi connectivity index (χ1v) is 12.9. The number of carbonyl (C=O) groups excluding carboxylic acids is 3. The second-order valence-electron chi connectivity index (χ2n) is 9.92. The van der Waals surface area contributed by atoms with Crippen LogP contribution in [0.2, 0.25) is 0 Å². The Bertz CT molecular complexity index is 1420. The number of anilines is 1. The number of rotatable bonds is 5. The highest BCUT2D eigenvalue weighted by Crippen LogP contribution is 2.39. The third-order valence-electron chi connectivity index (χ3n) is 7.47. The zero-order valence-electron chi connectivity index (χ0n) is 21.3. The Hall–Kier alpha value is -4.13. The van der Waals surface area contributed by atoms with E-state index in [1.165, 1.54) is 29.2 Å². The van der Waals surface area contributed by atoms with Crippen LogP contribution in [0, 0.1) is 17.2 Å². The predicted octanol–water partition coefficient (Wildman–Crippen LogP) is 2.70. The van der Waals surface area contributed by atoms with E-state index < -0.39 is 36.2 Å². The maximum absolute atomic E-state index is 13.1. The van der Waals surface area contributed by atoms with Crippen LogP contribution in [0.5, 0.6) is 0 Å². The summed E-state index contributed by atoms with van der Waals surface area (Å²) in [5, 5.41) is 10.5. The molecule has 0 unspecified atom stereocenters. The van der Waals surface area contributed by atoms with Crippen molar-refractivity contribution in [1.82, 2.24) is 4.90 Å². The molecule has 198 valence electrons. The molecule has 38 heavy (non-hydrogen) atoms. The molecule has 1 saturated heterocycles. The Morgan fingerprint density at radius 3 is 2.55 bits per heavy atom. The van der Waals surface area contributed by atoms with Crippen LogP contribution in [-0.2, 0) is 36.7 Å². The minimum atomic E-state index is -0.587. The van der Waals surface area contributed by atoms with Crippen LogP contribution in [0.3, 0.4) is 0 Å². The first-order chi connectivity index (χ1) is 18.4. The van der Waals surface area contributed by atoms with Gasteiger partial charge in [-0.3, -0.25) is 14.4 Å². The largest absolute Gasteiger partial charge is 0.428 e. The number of aryl methyl sites for hydroxylation is 2. The Labute approximate surface area is 219 Å². The zero-order valence-corrected chi connectivity index (χ0v) is 21.3. The fourth-order valence-electron chi connectivity index (χ4n) is 5.64. The zero-order chi connectivity index (χ0) is 26.8. The summed E-state index contributed by atoms with van der Waals surface area (Å²) in [6.45, 7) is 3.31. The molecule has 1 aromatic heterocycles. The molecular weight excluding hydrogens is 490 g/mol. The van der Waals surface area contributed by atoms with Crippen molar-refractivity contribution in [3.05, 3.63) is 44.8 Å². The molecular formula is C28H29N3O7.